The van der Waals surface area contributed by atoms with Crippen LogP contribution >= 0.6 is 11.8 Å². The Bertz CT molecular complexity index is 943. The molecule has 2 N–H and O–H groups in total. The molecule has 0 spiro atoms. The molecule has 1 heterocycles. The Morgan fingerprint density at radius 3 is 2.62 bits per heavy atom. The fourth-order valence-electron chi connectivity index (χ4n) is 4.17. The topological polar surface area (TPSA) is 76.7 Å². The van der Waals surface area contributed by atoms with Gasteiger partial charge in [0.1, 0.15) is 13.2 Å². The van der Waals surface area contributed by atoms with E-state index in [1.54, 1.807) is 6.07 Å². The smallest absolute Gasteiger partial charge is 0.252 e. The van der Waals surface area contributed by atoms with Crippen molar-refractivity contribution in [2.45, 2.75) is 43.5 Å². The Balaban J connectivity index is 1.30. The summed E-state index contributed by atoms with van der Waals surface area (Å²) in [5, 5.41) is 6.03. The third-order valence-corrected chi connectivity index (χ3v) is 6.96. The molecule has 32 heavy (non-hydrogen) atoms. The van der Waals surface area contributed by atoms with Gasteiger partial charge in [0.25, 0.3) is 5.91 Å². The molecule has 0 bridgehead atoms. The molecule has 2 aromatic carbocycles. The molecule has 1 fully saturated rings. The van der Waals surface area contributed by atoms with E-state index in [-0.39, 0.29) is 11.8 Å². The standard InChI is InChI=1S/C25H30N2O4S/c28-23(26-15-18-7-2-1-3-8-18)17-32-22-12-5-4-10-20(22)25(29)27-16-19-9-6-11-21-24(19)31-14-13-30-21/h4-6,9-12,18H,1-3,7-8,13-17H2,(H,26,28)(H,27,29). The molecular weight excluding hydrogens is 424 g/mol. The summed E-state index contributed by atoms with van der Waals surface area (Å²) in [7, 11) is 0. The van der Waals surface area contributed by atoms with Crippen LogP contribution in [0.2, 0.25) is 0 Å². The van der Waals surface area contributed by atoms with E-state index in [1.807, 2.05) is 36.4 Å². The number of thioether (sulfide) groups is 1. The fraction of sp³-hybridized carbons (Fsp3) is 0.440. The van der Waals surface area contributed by atoms with E-state index in [9.17, 15) is 9.59 Å². The lowest BCUT2D eigenvalue weighted by atomic mass is 9.89. The molecule has 4 rings (SSSR count). The molecule has 0 saturated heterocycles. The predicted molar refractivity (Wildman–Crippen MR) is 125 cm³/mol. The maximum atomic E-state index is 12.9. The van der Waals surface area contributed by atoms with Crippen molar-refractivity contribution >= 4 is 23.6 Å². The van der Waals surface area contributed by atoms with Crippen molar-refractivity contribution in [1.29, 1.82) is 0 Å². The molecule has 1 saturated carbocycles. The predicted octanol–water partition coefficient (Wildman–Crippen LogP) is 4.18. The second-order valence-corrected chi connectivity index (χ2v) is 9.23. The SMILES string of the molecule is O=C(CSc1ccccc1C(=O)NCc1cccc2c1OCCO2)NCC1CCCCC1. The van der Waals surface area contributed by atoms with E-state index in [0.717, 1.165) is 17.0 Å². The van der Waals surface area contributed by atoms with Crippen LogP contribution in [0.25, 0.3) is 0 Å². The molecular formula is C25H30N2O4S. The number of para-hydroxylation sites is 1. The van der Waals surface area contributed by atoms with Crippen LogP contribution in [-0.2, 0) is 11.3 Å². The minimum absolute atomic E-state index is 0.0175. The maximum Gasteiger partial charge on any atom is 0.252 e. The van der Waals surface area contributed by atoms with Crippen LogP contribution in [0.15, 0.2) is 47.4 Å². The zero-order valence-corrected chi connectivity index (χ0v) is 19.0. The lowest BCUT2D eigenvalue weighted by Crippen LogP contribution is -2.31. The Kier molecular flexibility index (Phi) is 7.93. The van der Waals surface area contributed by atoms with Crippen molar-refractivity contribution in [3.05, 3.63) is 53.6 Å². The van der Waals surface area contributed by atoms with E-state index in [4.69, 9.17) is 9.47 Å². The molecule has 0 unspecified atom stereocenters. The second-order valence-electron chi connectivity index (χ2n) is 8.22. The summed E-state index contributed by atoms with van der Waals surface area (Å²) in [5.74, 6) is 2.14. The zero-order valence-electron chi connectivity index (χ0n) is 18.2. The van der Waals surface area contributed by atoms with Gasteiger partial charge in [-0.3, -0.25) is 9.59 Å². The van der Waals surface area contributed by atoms with Crippen LogP contribution in [0.5, 0.6) is 11.5 Å². The number of carbonyl (C=O) groups is 2. The second kappa shape index (κ2) is 11.3. The average Bonchev–Trinajstić information content (AvgIpc) is 2.85. The van der Waals surface area contributed by atoms with Crippen molar-refractivity contribution in [1.82, 2.24) is 10.6 Å². The fourth-order valence-corrected chi connectivity index (χ4v) is 5.05. The van der Waals surface area contributed by atoms with E-state index < -0.39 is 0 Å². The highest BCUT2D eigenvalue weighted by atomic mass is 32.2. The summed E-state index contributed by atoms with van der Waals surface area (Å²) in [6, 6.07) is 13.1. The molecule has 1 aliphatic heterocycles. The van der Waals surface area contributed by atoms with Crippen LogP contribution in [0.4, 0.5) is 0 Å². The van der Waals surface area contributed by atoms with Gasteiger partial charge in [-0.2, -0.15) is 0 Å². The largest absolute Gasteiger partial charge is 0.486 e. The maximum absolute atomic E-state index is 12.9. The zero-order chi connectivity index (χ0) is 22.2. The molecule has 0 atom stereocenters. The minimum atomic E-state index is -0.176. The number of benzene rings is 2. The third-order valence-electron chi connectivity index (χ3n) is 5.89. The van der Waals surface area contributed by atoms with Crippen LogP contribution in [0.3, 0.4) is 0 Å². The molecule has 2 aromatic rings. The number of nitrogens with one attached hydrogen (secondary N) is 2. The quantitative estimate of drug-likeness (QED) is 0.586. The Hall–Kier alpha value is -2.67. The Morgan fingerprint density at radius 2 is 1.75 bits per heavy atom. The summed E-state index contributed by atoms with van der Waals surface area (Å²) in [4.78, 5) is 26.0. The van der Waals surface area contributed by atoms with Gasteiger partial charge in [-0.25, -0.2) is 0 Å². The molecule has 0 aromatic heterocycles. The number of fused-ring (bicyclic) bond motifs is 1. The van der Waals surface area contributed by atoms with Crippen molar-refractivity contribution < 1.29 is 19.1 Å². The molecule has 7 heteroatoms. The summed E-state index contributed by atoms with van der Waals surface area (Å²) in [5.41, 5.74) is 1.45. The highest BCUT2D eigenvalue weighted by Gasteiger charge is 2.18. The number of rotatable bonds is 8. The van der Waals surface area contributed by atoms with Crippen LogP contribution in [0.1, 0.15) is 48.0 Å². The normalized spacial score (nSPS) is 15.8. The first-order valence-corrected chi connectivity index (χ1v) is 12.3. The number of carbonyl (C=O) groups excluding carboxylic acids is 2. The monoisotopic (exact) mass is 454 g/mol. The van der Waals surface area contributed by atoms with Crippen molar-refractivity contribution in [3.8, 4) is 11.5 Å². The Labute approximate surface area is 193 Å². The molecule has 6 nitrogen and oxygen atoms in total. The van der Waals surface area contributed by atoms with Crippen molar-refractivity contribution in [2.75, 3.05) is 25.5 Å². The minimum Gasteiger partial charge on any atom is -0.486 e. The number of hydrogen-bond acceptors (Lipinski definition) is 5. The highest BCUT2D eigenvalue weighted by Crippen LogP contribution is 2.33. The van der Waals surface area contributed by atoms with Gasteiger partial charge in [0.05, 0.1) is 11.3 Å². The first-order chi connectivity index (χ1) is 15.7. The average molecular weight is 455 g/mol. The summed E-state index contributed by atoms with van der Waals surface area (Å²) < 4.78 is 11.3. The summed E-state index contributed by atoms with van der Waals surface area (Å²) >= 11 is 1.40. The molecule has 2 amide bonds. The van der Waals surface area contributed by atoms with E-state index >= 15 is 0 Å². The van der Waals surface area contributed by atoms with Gasteiger partial charge < -0.3 is 20.1 Å². The van der Waals surface area contributed by atoms with Gasteiger partial charge >= 0.3 is 0 Å². The van der Waals surface area contributed by atoms with Gasteiger partial charge in [-0.05, 0) is 37.0 Å². The van der Waals surface area contributed by atoms with Crippen molar-refractivity contribution in [3.63, 3.8) is 0 Å². The van der Waals surface area contributed by atoms with Gasteiger partial charge in [-0.1, -0.05) is 43.5 Å². The summed E-state index contributed by atoms with van der Waals surface area (Å²) in [6.45, 7) is 2.13. The lowest BCUT2D eigenvalue weighted by molar-refractivity contribution is -0.118. The Morgan fingerprint density at radius 1 is 0.938 bits per heavy atom. The first-order valence-electron chi connectivity index (χ1n) is 11.3. The highest BCUT2D eigenvalue weighted by molar-refractivity contribution is 8.00. The van der Waals surface area contributed by atoms with Gasteiger partial charge in [0, 0.05) is 23.5 Å². The van der Waals surface area contributed by atoms with Gasteiger partial charge in [-0.15, -0.1) is 11.8 Å². The van der Waals surface area contributed by atoms with Crippen LogP contribution < -0.4 is 20.1 Å². The lowest BCUT2D eigenvalue weighted by Gasteiger charge is -2.21. The third kappa shape index (κ3) is 5.97. The van der Waals surface area contributed by atoms with E-state index in [2.05, 4.69) is 10.6 Å². The van der Waals surface area contributed by atoms with Crippen molar-refractivity contribution in [2.24, 2.45) is 5.92 Å². The van der Waals surface area contributed by atoms with E-state index in [1.165, 1.54) is 43.9 Å². The van der Waals surface area contributed by atoms with Crippen LogP contribution in [0, 0.1) is 5.92 Å². The van der Waals surface area contributed by atoms with Gasteiger partial charge in [0.2, 0.25) is 5.91 Å². The van der Waals surface area contributed by atoms with Crippen LogP contribution in [-0.4, -0.2) is 37.3 Å². The number of ether oxygens (including phenoxy) is 2. The van der Waals surface area contributed by atoms with E-state index in [0.29, 0.717) is 48.5 Å². The summed E-state index contributed by atoms with van der Waals surface area (Å²) in [6.07, 6.45) is 6.26. The molecule has 2 aliphatic rings. The van der Waals surface area contributed by atoms with Gasteiger partial charge in [0.15, 0.2) is 11.5 Å². The molecule has 1 aliphatic carbocycles. The molecule has 170 valence electrons. The number of amides is 2. The first kappa shape index (κ1) is 22.5. The number of hydrogen-bond donors (Lipinski definition) is 2. The molecule has 0 radical (unpaired) electrons.